The first-order valence-electron chi connectivity index (χ1n) is 6.14. The zero-order valence-corrected chi connectivity index (χ0v) is 15.8. The van der Waals surface area contributed by atoms with Crippen LogP contribution in [0.2, 0.25) is 0 Å². The van der Waals surface area contributed by atoms with Gasteiger partial charge in [-0.15, -0.1) is 12.4 Å². The molecule has 0 aliphatic heterocycles. The zero-order valence-electron chi connectivity index (χ0n) is 12.6. The van der Waals surface area contributed by atoms with Gasteiger partial charge >= 0.3 is 0 Å². The molecule has 122 valence electrons. The Labute approximate surface area is 141 Å². The number of ether oxygens (including phenoxy) is 1. The van der Waals surface area contributed by atoms with Crippen molar-refractivity contribution in [3.8, 4) is 5.75 Å². The van der Waals surface area contributed by atoms with Crippen molar-refractivity contribution in [2.24, 2.45) is 11.1 Å². The standard InChI is InChI=1S/C13H21BrN2O3S.ClH/c1-13(2,8-15)9-16(3)20(17,18)10-5-6-11(14)12(7-10)19-4;/h5-7H,8-9,15H2,1-4H3;1H. The van der Waals surface area contributed by atoms with Crippen LogP contribution in [0.15, 0.2) is 27.6 Å². The maximum absolute atomic E-state index is 12.5. The van der Waals surface area contributed by atoms with E-state index in [1.54, 1.807) is 19.2 Å². The summed E-state index contributed by atoms with van der Waals surface area (Å²) in [5.41, 5.74) is 5.38. The largest absolute Gasteiger partial charge is 0.496 e. The predicted octanol–water partition coefficient (Wildman–Crippen LogP) is 2.48. The fraction of sp³-hybridized carbons (Fsp3) is 0.538. The zero-order chi connectivity index (χ0) is 15.6. The first-order chi connectivity index (χ1) is 9.14. The van der Waals surface area contributed by atoms with Crippen molar-refractivity contribution < 1.29 is 13.2 Å². The second kappa shape index (κ2) is 7.78. The lowest BCUT2D eigenvalue weighted by Gasteiger charge is -2.28. The maximum atomic E-state index is 12.5. The highest BCUT2D eigenvalue weighted by Gasteiger charge is 2.27. The van der Waals surface area contributed by atoms with Crippen LogP contribution in [0.25, 0.3) is 0 Å². The smallest absolute Gasteiger partial charge is 0.242 e. The lowest BCUT2D eigenvalue weighted by atomic mass is 9.94. The number of methoxy groups -OCH3 is 1. The Morgan fingerprint density at radius 1 is 1.38 bits per heavy atom. The monoisotopic (exact) mass is 400 g/mol. The number of benzene rings is 1. The molecule has 1 rings (SSSR count). The van der Waals surface area contributed by atoms with Crippen molar-refractivity contribution in [1.29, 1.82) is 0 Å². The summed E-state index contributed by atoms with van der Waals surface area (Å²) < 4.78 is 32.2. The third-order valence-corrected chi connectivity index (χ3v) is 5.49. The van der Waals surface area contributed by atoms with E-state index < -0.39 is 10.0 Å². The van der Waals surface area contributed by atoms with E-state index in [1.165, 1.54) is 17.5 Å². The normalized spacial score (nSPS) is 12.1. The molecule has 0 radical (unpaired) electrons. The van der Waals surface area contributed by atoms with E-state index in [0.29, 0.717) is 23.3 Å². The molecular formula is C13H22BrClN2O3S. The van der Waals surface area contributed by atoms with Crippen LogP contribution >= 0.6 is 28.3 Å². The lowest BCUT2D eigenvalue weighted by Crippen LogP contribution is -2.39. The summed E-state index contributed by atoms with van der Waals surface area (Å²) >= 11 is 3.30. The molecule has 1 aromatic carbocycles. The molecule has 0 amide bonds. The van der Waals surface area contributed by atoms with E-state index in [9.17, 15) is 8.42 Å². The SMILES string of the molecule is COc1cc(S(=O)(=O)N(C)CC(C)(C)CN)ccc1Br.Cl. The van der Waals surface area contributed by atoms with Crippen molar-refractivity contribution in [2.45, 2.75) is 18.7 Å². The molecule has 2 N–H and O–H groups in total. The highest BCUT2D eigenvalue weighted by Crippen LogP contribution is 2.29. The fourth-order valence-corrected chi connectivity index (χ4v) is 3.52. The highest BCUT2D eigenvalue weighted by molar-refractivity contribution is 9.10. The molecule has 8 heteroatoms. The average molecular weight is 402 g/mol. The second-order valence-corrected chi connectivity index (χ2v) is 8.32. The quantitative estimate of drug-likeness (QED) is 0.795. The number of hydrogen-bond donors (Lipinski definition) is 1. The number of halogens is 2. The molecular weight excluding hydrogens is 380 g/mol. The van der Waals surface area contributed by atoms with Crippen molar-refractivity contribution >= 4 is 38.4 Å². The first kappa shape index (κ1) is 20.7. The number of rotatable bonds is 6. The molecule has 0 aliphatic rings. The summed E-state index contributed by atoms with van der Waals surface area (Å²) in [6, 6.07) is 4.72. The summed E-state index contributed by atoms with van der Waals surface area (Å²) in [4.78, 5) is 0.202. The van der Waals surface area contributed by atoms with E-state index in [-0.39, 0.29) is 22.7 Å². The third kappa shape index (κ3) is 5.10. The summed E-state index contributed by atoms with van der Waals surface area (Å²) in [5.74, 6) is 0.484. The molecule has 0 aromatic heterocycles. The van der Waals surface area contributed by atoms with E-state index in [1.807, 2.05) is 13.8 Å². The number of sulfonamides is 1. The predicted molar refractivity (Wildman–Crippen MR) is 90.6 cm³/mol. The molecule has 0 unspecified atom stereocenters. The van der Waals surface area contributed by atoms with Crippen molar-refractivity contribution in [3.63, 3.8) is 0 Å². The second-order valence-electron chi connectivity index (χ2n) is 5.43. The Hall–Kier alpha value is -0.340. The molecule has 0 spiro atoms. The topological polar surface area (TPSA) is 72.6 Å². The Morgan fingerprint density at radius 2 is 1.95 bits per heavy atom. The van der Waals surface area contributed by atoms with Gasteiger partial charge in [0.2, 0.25) is 10.0 Å². The van der Waals surface area contributed by atoms with Gasteiger partial charge in [-0.05, 0) is 40.0 Å². The van der Waals surface area contributed by atoms with Gasteiger partial charge in [-0.1, -0.05) is 13.8 Å². The van der Waals surface area contributed by atoms with E-state index in [0.717, 1.165) is 0 Å². The number of nitrogens with two attached hydrogens (primary N) is 1. The maximum Gasteiger partial charge on any atom is 0.242 e. The molecule has 1 aromatic rings. The minimum atomic E-state index is -3.55. The van der Waals surface area contributed by atoms with Gasteiger partial charge in [-0.25, -0.2) is 12.7 Å². The Bertz CT molecular complexity index is 579. The van der Waals surface area contributed by atoms with Gasteiger partial charge in [0.1, 0.15) is 5.75 Å². The first-order valence-corrected chi connectivity index (χ1v) is 8.37. The summed E-state index contributed by atoms with van der Waals surface area (Å²) in [6.45, 7) is 4.63. The minimum absolute atomic E-state index is 0. The van der Waals surface area contributed by atoms with Crippen LogP contribution in [0.5, 0.6) is 5.75 Å². The molecule has 0 atom stereocenters. The molecule has 0 heterocycles. The van der Waals surface area contributed by atoms with Crippen LogP contribution in [0, 0.1) is 5.41 Å². The van der Waals surface area contributed by atoms with Gasteiger partial charge in [0, 0.05) is 19.7 Å². The Morgan fingerprint density at radius 3 is 2.43 bits per heavy atom. The van der Waals surface area contributed by atoms with E-state index in [2.05, 4.69) is 15.9 Å². The number of hydrogen-bond acceptors (Lipinski definition) is 4. The van der Waals surface area contributed by atoms with Crippen LogP contribution in [-0.4, -0.2) is 40.0 Å². The van der Waals surface area contributed by atoms with Gasteiger partial charge in [0.15, 0.2) is 0 Å². The highest BCUT2D eigenvalue weighted by atomic mass is 79.9. The Kier molecular flexibility index (Phi) is 7.66. The van der Waals surface area contributed by atoms with Gasteiger partial charge in [0.25, 0.3) is 0 Å². The van der Waals surface area contributed by atoms with Crippen molar-refractivity contribution in [3.05, 3.63) is 22.7 Å². The third-order valence-electron chi connectivity index (χ3n) is 3.03. The lowest BCUT2D eigenvalue weighted by molar-refractivity contribution is 0.292. The van der Waals surface area contributed by atoms with Gasteiger partial charge in [-0.3, -0.25) is 0 Å². The van der Waals surface area contributed by atoms with Crippen LogP contribution < -0.4 is 10.5 Å². The number of nitrogens with zero attached hydrogens (tertiary/aromatic N) is 1. The van der Waals surface area contributed by atoms with E-state index in [4.69, 9.17) is 10.5 Å². The fourth-order valence-electron chi connectivity index (χ4n) is 1.73. The minimum Gasteiger partial charge on any atom is -0.496 e. The van der Waals surface area contributed by atoms with Crippen LogP contribution in [0.1, 0.15) is 13.8 Å². The molecule has 21 heavy (non-hydrogen) atoms. The van der Waals surface area contributed by atoms with Gasteiger partial charge < -0.3 is 10.5 Å². The van der Waals surface area contributed by atoms with Crippen LogP contribution in [-0.2, 0) is 10.0 Å². The molecule has 0 aliphatic carbocycles. The van der Waals surface area contributed by atoms with Gasteiger partial charge in [-0.2, -0.15) is 0 Å². The summed E-state index contributed by atoms with van der Waals surface area (Å²) in [5, 5.41) is 0. The molecule has 0 saturated heterocycles. The van der Waals surface area contributed by atoms with Crippen LogP contribution in [0.3, 0.4) is 0 Å². The van der Waals surface area contributed by atoms with Crippen molar-refractivity contribution in [1.82, 2.24) is 4.31 Å². The van der Waals surface area contributed by atoms with Crippen molar-refractivity contribution in [2.75, 3.05) is 27.2 Å². The molecule has 0 fully saturated rings. The summed E-state index contributed by atoms with van der Waals surface area (Å²) in [7, 11) is -0.500. The summed E-state index contributed by atoms with van der Waals surface area (Å²) in [6.07, 6.45) is 0. The van der Waals surface area contributed by atoms with E-state index >= 15 is 0 Å². The van der Waals surface area contributed by atoms with Gasteiger partial charge in [0.05, 0.1) is 16.5 Å². The average Bonchev–Trinajstić information content (AvgIpc) is 2.38. The molecule has 5 nitrogen and oxygen atoms in total. The molecule has 0 saturated carbocycles. The Balaban J connectivity index is 0.00000400. The van der Waals surface area contributed by atoms with Crippen LogP contribution in [0.4, 0.5) is 0 Å². The molecule has 0 bridgehead atoms.